The van der Waals surface area contributed by atoms with E-state index in [1.165, 1.54) is 30.7 Å². The van der Waals surface area contributed by atoms with Gasteiger partial charge in [-0.15, -0.1) is 0 Å². The second kappa shape index (κ2) is 46.7. The Morgan fingerprint density at radius 2 is 0.676 bits per heavy atom. The molecule has 2 saturated heterocycles. The highest BCUT2D eigenvalue weighted by Gasteiger charge is 2.32. The predicted molar refractivity (Wildman–Crippen MR) is 523 cm³/mol. The highest BCUT2D eigenvalue weighted by molar-refractivity contribution is 6.09. The number of hydrogen-bond donors (Lipinski definition) is 8. The summed E-state index contributed by atoms with van der Waals surface area (Å²) in [7, 11) is 0. The first-order chi connectivity index (χ1) is 67.7. The Balaban J connectivity index is 0.000000125. The number of rotatable bonds is 21. The fourth-order valence-electron chi connectivity index (χ4n) is 17.0. The van der Waals surface area contributed by atoms with E-state index in [0.29, 0.717) is 133 Å². The summed E-state index contributed by atoms with van der Waals surface area (Å²) in [5.41, 5.74) is 10.1. The monoisotopic (exact) mass is 1880 g/mol. The molecule has 0 spiro atoms. The van der Waals surface area contributed by atoms with Crippen LogP contribution >= 0.6 is 0 Å². The molecule has 0 bridgehead atoms. The molecular formula is C106H105F3N16O14. The number of hydrogen-bond acceptors (Lipinski definition) is 25. The quantitative estimate of drug-likeness (QED) is 0.0331. The number of nitrogen functional groups attached to an aromatic ring is 1. The number of nitrogens with zero attached hydrogens (tertiary/aromatic N) is 10. The Bertz CT molecular complexity index is 6650. The lowest BCUT2D eigenvalue weighted by Gasteiger charge is -2.27. The number of aromatic nitrogens is 10. The molecule has 10 aromatic heterocycles. The van der Waals surface area contributed by atoms with Gasteiger partial charge in [0.25, 0.3) is 29.5 Å². The summed E-state index contributed by atoms with van der Waals surface area (Å²) in [4.78, 5) is 103. The third-order valence-corrected chi connectivity index (χ3v) is 24.2. The van der Waals surface area contributed by atoms with Gasteiger partial charge in [-0.2, -0.15) is 0 Å². The molecule has 9 N–H and O–H groups in total. The first-order valence-corrected chi connectivity index (χ1v) is 46.5. The van der Waals surface area contributed by atoms with Crippen molar-refractivity contribution < 1.29 is 80.5 Å². The minimum absolute atomic E-state index is 0.0166. The van der Waals surface area contributed by atoms with Crippen molar-refractivity contribution >= 4 is 118 Å². The molecule has 139 heavy (non-hydrogen) atoms. The summed E-state index contributed by atoms with van der Waals surface area (Å²) in [6.07, 6.45) is 25.1. The third kappa shape index (κ3) is 25.8. The Morgan fingerprint density at radius 3 is 1.04 bits per heavy atom. The molecule has 714 valence electrons. The highest BCUT2D eigenvalue weighted by Crippen LogP contribution is 2.38. The number of halogens is 3. The van der Waals surface area contributed by atoms with E-state index in [2.05, 4.69) is 90.3 Å². The van der Waals surface area contributed by atoms with Crippen molar-refractivity contribution in [1.29, 1.82) is 0 Å². The average molecular weight is 1880 g/mol. The Kier molecular flexibility index (Phi) is 32.4. The van der Waals surface area contributed by atoms with E-state index >= 15 is 0 Å². The van der Waals surface area contributed by atoms with Crippen LogP contribution in [-0.2, 0) is 9.47 Å². The molecule has 5 fully saturated rings. The van der Waals surface area contributed by atoms with Crippen LogP contribution in [0.15, 0.2) is 256 Å². The fourth-order valence-corrected chi connectivity index (χ4v) is 17.0. The van der Waals surface area contributed by atoms with Crippen LogP contribution < -0.4 is 56.0 Å². The molecule has 5 amide bonds. The number of ether oxygens (including phenoxy) is 7. The maximum absolute atomic E-state index is 14.1. The number of pyridine rings is 10. The maximum Gasteiger partial charge on any atom is 0.278 e. The van der Waals surface area contributed by atoms with Crippen LogP contribution in [0.1, 0.15) is 169 Å². The number of nitrogens with two attached hydrogens (primary N) is 1. The smallest absolute Gasteiger partial charge is 0.278 e. The first kappa shape index (κ1) is 96.5. The molecule has 2 aliphatic heterocycles. The molecule has 3 aliphatic carbocycles. The minimum Gasteiger partial charge on any atom is -0.505 e. The molecule has 12 heterocycles. The Labute approximate surface area is 798 Å². The number of nitrogens with one attached hydrogen (secondary N) is 5. The molecule has 33 heteroatoms. The summed E-state index contributed by atoms with van der Waals surface area (Å²) >= 11 is 0. The molecule has 0 radical (unpaired) electrons. The standard InChI is InChI=1S/C22H23N3O4.C21H21FN4O2.C21H20FN3O3.C21H20FN3O2.C21H21N3O3/c1-14-11-15(7-10-28-14)13-29-22-18-5-4-17(12-16(18)6-9-24-22)25-21(27)20-19(26)3-2-8-23-20;22-16-4-1-2-6-18(16)28-21-15-8-7-14(12-13(15)9-11-25-21)26-20(27)19-17(23)5-3-10-24-19;22-16-4-1-2-6-18(16)28-21-15-8-7-14(12-13(15)9-11-24-21)25-20(27)19-17(26)5-3-10-23-19;22-17-5-1-2-7-19(17)27-21-16-9-8-15(13-14(16)10-12-24-21)25-20(26)18-6-3-4-11-23-18;1-14-12-17(8-11-26-14)27-21-18-6-5-16(13-15(18)7-10-23-21)24-20(25)19-4-2-3-9-22-19/h2-6,8-9,12,14-15,26H,7,10-11,13H2,1H3,(H,25,27);3,5,7-12,16,18H,1-2,4,6,23H2,(H,26,27);3,5,7-12,16,18,26H,1-2,4,6H2,(H,25,27);3-4,6,8-13,17,19H,1-2,5,7H2,(H,25,26);2-7,9-10,13-14,17H,8,11-12H2,1H3,(H,24,25). The van der Waals surface area contributed by atoms with Gasteiger partial charge in [-0.05, 0) is 299 Å². The van der Waals surface area contributed by atoms with Gasteiger partial charge in [-0.25, -0.2) is 53.0 Å². The summed E-state index contributed by atoms with van der Waals surface area (Å²) < 4.78 is 83.3. The predicted octanol–water partition coefficient (Wildman–Crippen LogP) is 20.5. The van der Waals surface area contributed by atoms with Gasteiger partial charge in [0, 0.05) is 137 Å². The second-order valence-corrected chi connectivity index (χ2v) is 34.3. The lowest BCUT2D eigenvalue weighted by molar-refractivity contribution is -0.0259. The first-order valence-electron chi connectivity index (χ1n) is 46.5. The van der Waals surface area contributed by atoms with E-state index in [0.717, 1.165) is 125 Å². The summed E-state index contributed by atoms with van der Waals surface area (Å²) in [6.45, 7) is 6.23. The van der Waals surface area contributed by atoms with Gasteiger partial charge in [0.15, 0.2) is 17.1 Å². The second-order valence-electron chi connectivity index (χ2n) is 34.3. The van der Waals surface area contributed by atoms with Crippen molar-refractivity contribution in [3.63, 3.8) is 0 Å². The summed E-state index contributed by atoms with van der Waals surface area (Å²) in [5.74, 6) is 0.687. The van der Waals surface area contributed by atoms with Crippen molar-refractivity contribution in [3.8, 4) is 40.9 Å². The van der Waals surface area contributed by atoms with Gasteiger partial charge in [0.1, 0.15) is 65.8 Å². The third-order valence-electron chi connectivity index (χ3n) is 24.2. The number of carbonyl (C=O) groups is 5. The molecule has 3 saturated carbocycles. The Morgan fingerprint density at radius 1 is 0.345 bits per heavy atom. The molecule has 10 atom stereocenters. The molecule has 5 aliphatic rings. The number of aromatic hydroxyl groups is 2. The minimum atomic E-state index is -0.976. The number of anilines is 6. The van der Waals surface area contributed by atoms with Gasteiger partial charge < -0.3 is 75.7 Å². The number of fused-ring (bicyclic) bond motifs is 5. The van der Waals surface area contributed by atoms with Gasteiger partial charge in [0.2, 0.25) is 29.4 Å². The van der Waals surface area contributed by atoms with Gasteiger partial charge >= 0.3 is 0 Å². The van der Waals surface area contributed by atoms with Crippen molar-refractivity contribution in [3.05, 3.63) is 285 Å². The van der Waals surface area contributed by atoms with Crippen molar-refractivity contribution in [2.75, 3.05) is 52.1 Å². The van der Waals surface area contributed by atoms with Gasteiger partial charge in [0.05, 0.1) is 31.1 Å². The Hall–Kier alpha value is -15.6. The fraction of sp³-hybridized carbons (Fsp3) is 0.292. The average Bonchev–Trinajstić information content (AvgIpc) is 0.820. The van der Waals surface area contributed by atoms with Crippen LogP contribution in [0.25, 0.3) is 53.9 Å². The highest BCUT2D eigenvalue weighted by atomic mass is 19.1. The summed E-state index contributed by atoms with van der Waals surface area (Å²) in [6, 6.07) is 56.2. The van der Waals surface area contributed by atoms with Gasteiger partial charge in [-0.3, -0.25) is 33.9 Å². The van der Waals surface area contributed by atoms with Crippen molar-refractivity contribution in [1.82, 2.24) is 49.8 Å². The van der Waals surface area contributed by atoms with E-state index in [-0.39, 0.29) is 64.6 Å². The van der Waals surface area contributed by atoms with Crippen LogP contribution in [-0.4, -0.2) is 165 Å². The largest absolute Gasteiger partial charge is 0.505 e. The zero-order valence-corrected chi connectivity index (χ0v) is 76.4. The molecule has 10 unspecified atom stereocenters. The molecule has 5 aromatic carbocycles. The zero-order valence-electron chi connectivity index (χ0n) is 76.4. The lowest BCUT2D eigenvalue weighted by Crippen LogP contribution is -2.32. The molecular weight excluding hydrogens is 1780 g/mol. The SMILES string of the molecule is CC1CC(COc2nccc3cc(NC(=O)c4ncccc4O)ccc23)CCO1.CC1CC(Oc2nccc3cc(NC(=O)c4ccccn4)ccc23)CCO1.Nc1cccnc1C(=O)Nc1ccc2c(OC3CCCCC3F)nccc2c1.O=C(Nc1ccc2c(OC3CCCCC3F)nccc2c1)c1ccccn1.O=C(Nc1ccc2c(OC3CCCCC3F)nccc2c1)c1ncccc1O. The lowest BCUT2D eigenvalue weighted by atomic mass is 9.96. The van der Waals surface area contributed by atoms with E-state index in [1.807, 2.05) is 78.9 Å². The van der Waals surface area contributed by atoms with Crippen LogP contribution in [0.3, 0.4) is 0 Å². The van der Waals surface area contributed by atoms with Crippen LogP contribution in [0.5, 0.6) is 40.9 Å². The topological polar surface area (TPSA) is 405 Å². The van der Waals surface area contributed by atoms with E-state index in [9.17, 15) is 47.4 Å². The molecule has 30 nitrogen and oxygen atoms in total. The zero-order chi connectivity index (χ0) is 96.5. The molecule has 15 aromatic rings. The van der Waals surface area contributed by atoms with E-state index in [4.69, 9.17) is 38.9 Å². The van der Waals surface area contributed by atoms with Crippen molar-refractivity contribution in [2.24, 2.45) is 5.92 Å². The summed E-state index contributed by atoms with van der Waals surface area (Å²) in [5, 5.41) is 42.0. The van der Waals surface area contributed by atoms with Gasteiger partial charge in [-0.1, -0.05) is 31.4 Å². The number of alkyl halides is 3. The van der Waals surface area contributed by atoms with Crippen LogP contribution in [0, 0.1) is 5.92 Å². The van der Waals surface area contributed by atoms with E-state index < -0.39 is 48.6 Å². The maximum atomic E-state index is 14.1. The molecule has 20 rings (SSSR count). The normalized spacial score (nSPS) is 19.4. The number of amides is 5. The van der Waals surface area contributed by atoms with E-state index in [1.54, 1.807) is 147 Å². The number of carbonyl (C=O) groups excluding carboxylic acids is 5. The van der Waals surface area contributed by atoms with Crippen LogP contribution in [0.2, 0.25) is 0 Å². The van der Waals surface area contributed by atoms with Crippen molar-refractivity contribution in [2.45, 2.75) is 172 Å². The van der Waals surface area contributed by atoms with Crippen LogP contribution in [0.4, 0.5) is 47.3 Å². The number of benzene rings is 5.